The lowest BCUT2D eigenvalue weighted by molar-refractivity contribution is 0.266. The molecule has 1 aromatic rings. The van der Waals surface area contributed by atoms with Crippen molar-refractivity contribution < 1.29 is 9.47 Å². The van der Waals surface area contributed by atoms with E-state index < -0.39 is 0 Å². The number of hydrogen-bond donors (Lipinski definition) is 1. The number of anilines is 1. The normalized spacial score (nSPS) is 9.47. The molecule has 6 heteroatoms. The smallest absolute Gasteiger partial charge is 0.324 e. The summed E-state index contributed by atoms with van der Waals surface area (Å²) in [6, 6.07) is 0.465. The molecule has 0 radical (unpaired) electrons. The number of aromatic nitrogens is 3. The van der Waals surface area contributed by atoms with Gasteiger partial charge in [0.15, 0.2) is 0 Å². The van der Waals surface area contributed by atoms with Gasteiger partial charge in [-0.25, -0.2) is 0 Å². The summed E-state index contributed by atoms with van der Waals surface area (Å²) in [6.07, 6.45) is 6.51. The van der Waals surface area contributed by atoms with E-state index in [4.69, 9.17) is 15.9 Å². The molecular weight excluding hydrogens is 220 g/mol. The Morgan fingerprint density at radius 2 is 1.82 bits per heavy atom. The summed E-state index contributed by atoms with van der Waals surface area (Å²) >= 11 is 0. The van der Waals surface area contributed by atoms with Crippen LogP contribution in [0.1, 0.15) is 19.8 Å². The average molecular weight is 236 g/mol. The predicted molar refractivity (Wildman–Crippen MR) is 64.1 cm³/mol. The van der Waals surface area contributed by atoms with Gasteiger partial charge in [-0.3, -0.25) is 0 Å². The fraction of sp³-hybridized carbons (Fsp3) is 0.545. The Morgan fingerprint density at radius 3 is 2.35 bits per heavy atom. The third-order valence-electron chi connectivity index (χ3n) is 1.73. The maximum Gasteiger partial charge on any atom is 0.324 e. The van der Waals surface area contributed by atoms with Gasteiger partial charge in [-0.1, -0.05) is 6.92 Å². The van der Waals surface area contributed by atoms with Gasteiger partial charge in [-0.15, -0.1) is 17.3 Å². The maximum absolute atomic E-state index is 5.32. The SMILES string of the molecule is C#CCCOc1nc(NC)nc(OCCC)n1. The van der Waals surface area contributed by atoms with Crippen LogP contribution in [0.4, 0.5) is 5.95 Å². The largest absolute Gasteiger partial charge is 0.463 e. The van der Waals surface area contributed by atoms with E-state index in [1.165, 1.54) is 0 Å². The van der Waals surface area contributed by atoms with Crippen molar-refractivity contribution in [2.75, 3.05) is 25.6 Å². The van der Waals surface area contributed by atoms with Crippen LogP contribution in [-0.2, 0) is 0 Å². The second-order valence-corrected chi connectivity index (χ2v) is 3.13. The number of terminal acetylenes is 1. The summed E-state index contributed by atoms with van der Waals surface area (Å²) in [6.45, 7) is 2.93. The highest BCUT2D eigenvalue weighted by molar-refractivity contribution is 5.26. The van der Waals surface area contributed by atoms with Gasteiger partial charge < -0.3 is 14.8 Å². The van der Waals surface area contributed by atoms with Crippen LogP contribution < -0.4 is 14.8 Å². The monoisotopic (exact) mass is 236 g/mol. The Bertz CT molecular complexity index is 390. The minimum atomic E-state index is 0.214. The molecule has 0 saturated heterocycles. The van der Waals surface area contributed by atoms with Crippen LogP contribution in [0, 0.1) is 12.3 Å². The van der Waals surface area contributed by atoms with Gasteiger partial charge in [0.25, 0.3) is 0 Å². The highest BCUT2D eigenvalue weighted by atomic mass is 16.5. The molecule has 0 saturated carbocycles. The summed E-state index contributed by atoms with van der Waals surface area (Å²) in [4.78, 5) is 12.1. The van der Waals surface area contributed by atoms with E-state index in [0.717, 1.165) is 6.42 Å². The van der Waals surface area contributed by atoms with Crippen molar-refractivity contribution in [2.24, 2.45) is 0 Å². The van der Waals surface area contributed by atoms with Gasteiger partial charge in [0, 0.05) is 13.5 Å². The topological polar surface area (TPSA) is 69.2 Å². The molecule has 0 aliphatic carbocycles. The van der Waals surface area contributed by atoms with E-state index in [1.807, 2.05) is 6.92 Å². The Morgan fingerprint density at radius 1 is 1.18 bits per heavy atom. The minimum Gasteiger partial charge on any atom is -0.463 e. The van der Waals surface area contributed by atoms with E-state index in [1.54, 1.807) is 7.05 Å². The second kappa shape index (κ2) is 7.28. The number of rotatable bonds is 7. The third kappa shape index (κ3) is 4.55. The highest BCUT2D eigenvalue weighted by Gasteiger charge is 2.07. The fourth-order valence-electron chi connectivity index (χ4n) is 0.974. The van der Waals surface area contributed by atoms with E-state index in [-0.39, 0.29) is 12.0 Å². The quantitative estimate of drug-likeness (QED) is 0.565. The van der Waals surface area contributed by atoms with Crippen LogP contribution in [-0.4, -0.2) is 35.2 Å². The molecule has 0 fully saturated rings. The molecule has 0 atom stereocenters. The first kappa shape index (κ1) is 13.0. The Hall–Kier alpha value is -2.03. The van der Waals surface area contributed by atoms with E-state index in [0.29, 0.717) is 25.6 Å². The zero-order valence-electron chi connectivity index (χ0n) is 10.1. The van der Waals surface area contributed by atoms with Crippen molar-refractivity contribution in [1.29, 1.82) is 0 Å². The molecule has 0 aliphatic rings. The van der Waals surface area contributed by atoms with Gasteiger partial charge >= 0.3 is 12.0 Å². The van der Waals surface area contributed by atoms with Gasteiger partial charge in [0.1, 0.15) is 6.61 Å². The zero-order chi connectivity index (χ0) is 12.5. The average Bonchev–Trinajstić information content (AvgIpc) is 2.36. The standard InChI is InChI=1S/C11H16N4O2/c1-4-6-8-17-11-14-9(12-3)13-10(15-11)16-7-5-2/h1H,5-8H2,2-3H3,(H,12,13,14,15). The van der Waals surface area contributed by atoms with Crippen molar-refractivity contribution in [3.05, 3.63) is 0 Å². The molecule has 6 nitrogen and oxygen atoms in total. The van der Waals surface area contributed by atoms with Crippen molar-refractivity contribution in [1.82, 2.24) is 15.0 Å². The predicted octanol–water partition coefficient (Wildman–Crippen LogP) is 1.10. The highest BCUT2D eigenvalue weighted by Crippen LogP contribution is 2.12. The van der Waals surface area contributed by atoms with Crippen LogP contribution in [0.25, 0.3) is 0 Å². The second-order valence-electron chi connectivity index (χ2n) is 3.13. The maximum atomic E-state index is 5.32. The molecule has 0 aromatic carbocycles. The molecular formula is C11H16N4O2. The molecule has 1 heterocycles. The lowest BCUT2D eigenvalue weighted by Gasteiger charge is -2.07. The fourth-order valence-corrected chi connectivity index (χ4v) is 0.974. The summed E-state index contributed by atoms with van der Waals surface area (Å²) in [5.41, 5.74) is 0. The van der Waals surface area contributed by atoms with Gasteiger partial charge in [0.05, 0.1) is 6.61 Å². The molecule has 0 unspecified atom stereocenters. The van der Waals surface area contributed by atoms with Gasteiger partial charge in [0.2, 0.25) is 5.95 Å². The van der Waals surface area contributed by atoms with Crippen LogP contribution >= 0.6 is 0 Å². The Labute approximate surface area is 101 Å². The first-order valence-corrected chi connectivity index (χ1v) is 5.43. The van der Waals surface area contributed by atoms with Crippen LogP contribution in [0.2, 0.25) is 0 Å². The van der Waals surface area contributed by atoms with E-state index in [9.17, 15) is 0 Å². The molecule has 0 spiro atoms. The first-order chi connectivity index (χ1) is 8.30. The van der Waals surface area contributed by atoms with Crippen molar-refractivity contribution >= 4 is 5.95 Å². The molecule has 17 heavy (non-hydrogen) atoms. The number of hydrogen-bond acceptors (Lipinski definition) is 6. The van der Waals surface area contributed by atoms with Crippen LogP contribution in [0.3, 0.4) is 0 Å². The first-order valence-electron chi connectivity index (χ1n) is 5.43. The third-order valence-corrected chi connectivity index (χ3v) is 1.73. The lowest BCUT2D eigenvalue weighted by atomic mass is 10.5. The summed E-state index contributed by atoms with van der Waals surface area (Å²) in [5.74, 6) is 2.88. The number of nitrogens with one attached hydrogen (secondary N) is 1. The lowest BCUT2D eigenvalue weighted by Crippen LogP contribution is -2.08. The zero-order valence-corrected chi connectivity index (χ0v) is 10.1. The van der Waals surface area contributed by atoms with Crippen molar-refractivity contribution in [3.8, 4) is 24.4 Å². The molecule has 1 N–H and O–H groups in total. The summed E-state index contributed by atoms with van der Waals surface area (Å²) in [5, 5.41) is 2.81. The Balaban J connectivity index is 2.71. The van der Waals surface area contributed by atoms with Gasteiger partial charge in [-0.2, -0.15) is 9.97 Å². The van der Waals surface area contributed by atoms with Crippen LogP contribution in [0.5, 0.6) is 12.0 Å². The van der Waals surface area contributed by atoms with E-state index in [2.05, 4.69) is 26.2 Å². The van der Waals surface area contributed by atoms with Crippen molar-refractivity contribution in [2.45, 2.75) is 19.8 Å². The molecule has 92 valence electrons. The van der Waals surface area contributed by atoms with E-state index >= 15 is 0 Å². The number of nitrogens with zero attached hydrogens (tertiary/aromatic N) is 3. The van der Waals surface area contributed by atoms with Gasteiger partial charge in [-0.05, 0) is 6.42 Å². The Kier molecular flexibility index (Phi) is 5.58. The molecule has 1 rings (SSSR count). The molecule has 0 aliphatic heterocycles. The summed E-state index contributed by atoms with van der Waals surface area (Å²) < 4.78 is 10.6. The minimum absolute atomic E-state index is 0.214. The van der Waals surface area contributed by atoms with Crippen LogP contribution in [0.15, 0.2) is 0 Å². The van der Waals surface area contributed by atoms with Crippen molar-refractivity contribution in [3.63, 3.8) is 0 Å². The molecule has 0 amide bonds. The summed E-state index contributed by atoms with van der Waals surface area (Å²) in [7, 11) is 1.71. The molecule has 0 bridgehead atoms. The number of ether oxygens (including phenoxy) is 2. The molecule has 1 aromatic heterocycles.